The Hall–Kier alpha value is -4.89. The van der Waals surface area contributed by atoms with Gasteiger partial charge in [0.1, 0.15) is 0 Å². The Morgan fingerprint density at radius 1 is 0.959 bits per heavy atom. The number of carbonyl (C=O) groups is 2. The van der Waals surface area contributed by atoms with Gasteiger partial charge in [-0.1, -0.05) is 116 Å². The normalized spacial score (nSPS) is 16.4. The maximum Gasteiger partial charge on any atom is 0.407 e. The molecule has 1 heterocycles. The van der Waals surface area contributed by atoms with E-state index in [2.05, 4.69) is 94.6 Å². The molecular weight excluding hydrogens is 612 g/mol. The molecule has 5 N–H and O–H groups in total. The van der Waals surface area contributed by atoms with Gasteiger partial charge in [0.15, 0.2) is 5.96 Å². The number of benzene rings is 4. The van der Waals surface area contributed by atoms with E-state index in [0.29, 0.717) is 45.2 Å². The molecule has 2 unspecified atom stereocenters. The van der Waals surface area contributed by atoms with Crippen LogP contribution in [0.4, 0.5) is 4.79 Å². The Bertz CT molecular complexity index is 1570. The second-order valence-corrected chi connectivity index (χ2v) is 12.4. The number of nitrogens with two attached hydrogens (primary N) is 1. The smallest absolute Gasteiger partial charge is 0.407 e. The molecule has 4 aromatic carbocycles. The van der Waals surface area contributed by atoms with Gasteiger partial charge < -0.3 is 31.3 Å². The first-order valence-corrected chi connectivity index (χ1v) is 17.3. The summed E-state index contributed by atoms with van der Waals surface area (Å²) in [5.41, 5.74) is 9.43. The number of nitrogens with zero attached hydrogens (tertiary/aromatic N) is 2. The zero-order valence-electron chi connectivity index (χ0n) is 29.1. The maximum absolute atomic E-state index is 13.8. The van der Waals surface area contributed by atoms with Crippen LogP contribution in [0.3, 0.4) is 0 Å². The van der Waals surface area contributed by atoms with Crippen molar-refractivity contribution in [2.75, 3.05) is 39.8 Å². The van der Waals surface area contributed by atoms with E-state index in [-0.39, 0.29) is 23.9 Å². The number of ether oxygens (including phenoxy) is 1. The van der Waals surface area contributed by atoms with Crippen molar-refractivity contribution in [3.63, 3.8) is 0 Å². The molecule has 2 atom stereocenters. The molecule has 0 radical (unpaired) electrons. The second kappa shape index (κ2) is 19.8. The van der Waals surface area contributed by atoms with Crippen molar-refractivity contribution in [2.45, 2.75) is 57.5 Å². The zero-order chi connectivity index (χ0) is 34.8. The highest BCUT2D eigenvalue weighted by Crippen LogP contribution is 2.27. The molecule has 1 aliphatic heterocycles. The van der Waals surface area contributed by atoms with Crippen molar-refractivity contribution in [2.24, 2.45) is 10.7 Å². The van der Waals surface area contributed by atoms with Gasteiger partial charge in [-0.3, -0.25) is 9.79 Å². The number of aliphatic imine (C=N–C) groups is 1. The highest BCUT2D eigenvalue weighted by atomic mass is 16.5. The number of rotatable bonds is 12. The van der Waals surface area contributed by atoms with Gasteiger partial charge >= 0.3 is 6.09 Å². The van der Waals surface area contributed by atoms with Crippen LogP contribution in [0.25, 0.3) is 10.8 Å². The van der Waals surface area contributed by atoms with Gasteiger partial charge in [-0.2, -0.15) is 0 Å². The highest BCUT2D eigenvalue weighted by molar-refractivity contribution is 5.83. The monoisotopic (exact) mass is 664 g/mol. The highest BCUT2D eigenvalue weighted by Gasteiger charge is 2.32. The number of hydrogen-bond donors (Lipinski definition) is 4. The van der Waals surface area contributed by atoms with E-state index in [0.717, 1.165) is 19.3 Å². The van der Waals surface area contributed by atoms with E-state index in [1.54, 1.807) is 7.05 Å². The molecule has 0 aliphatic carbocycles. The first-order valence-electron chi connectivity index (χ1n) is 17.3. The number of carbonyl (C=O) groups excluding carboxylic acids is 2. The number of nitrogens with one attached hydrogen (secondary N) is 3. The number of amides is 2. The number of guanidine groups is 1. The number of fused-ring (bicyclic) bond motifs is 1. The number of alkyl carbamates (subject to hydrolysis) is 1. The van der Waals surface area contributed by atoms with Gasteiger partial charge in [0.05, 0.1) is 12.6 Å². The summed E-state index contributed by atoms with van der Waals surface area (Å²) >= 11 is 0. The Morgan fingerprint density at radius 3 is 2.27 bits per heavy atom. The molecule has 0 aromatic heterocycles. The topological polar surface area (TPSA) is 121 Å². The molecule has 1 saturated heterocycles. The third-order valence-corrected chi connectivity index (χ3v) is 8.65. The lowest BCUT2D eigenvalue weighted by Gasteiger charge is -2.29. The van der Waals surface area contributed by atoms with Crippen LogP contribution in [0.1, 0.15) is 55.2 Å². The van der Waals surface area contributed by atoms with E-state index in [9.17, 15) is 9.59 Å². The van der Waals surface area contributed by atoms with Crippen LogP contribution >= 0.6 is 0 Å². The Labute approximate surface area is 291 Å². The van der Waals surface area contributed by atoms with E-state index in [4.69, 9.17) is 10.5 Å². The third kappa shape index (κ3) is 11.9. The lowest BCUT2D eigenvalue weighted by atomic mass is 9.90. The van der Waals surface area contributed by atoms with Crippen molar-refractivity contribution in [3.05, 3.63) is 120 Å². The summed E-state index contributed by atoms with van der Waals surface area (Å²) in [5, 5.41) is 12.1. The Kier molecular flexibility index (Phi) is 14.9. The summed E-state index contributed by atoms with van der Waals surface area (Å²) in [6, 6.07) is 35.2. The molecule has 0 saturated carbocycles. The average Bonchev–Trinajstić information content (AvgIpc) is 3.28. The quantitative estimate of drug-likeness (QED) is 0.0841. The summed E-state index contributed by atoms with van der Waals surface area (Å²) < 4.78 is 5.16. The molecular formula is C40H52N6O3. The van der Waals surface area contributed by atoms with Crippen LogP contribution in [0.15, 0.2) is 108 Å². The average molecular weight is 665 g/mol. The minimum absolute atomic E-state index is 0.0507. The Balaban J connectivity index is 0.000000411. The zero-order valence-corrected chi connectivity index (χ0v) is 29.1. The van der Waals surface area contributed by atoms with Gasteiger partial charge in [-0.25, -0.2) is 4.79 Å². The first kappa shape index (κ1) is 36.9. The summed E-state index contributed by atoms with van der Waals surface area (Å²) in [4.78, 5) is 31.8. The van der Waals surface area contributed by atoms with E-state index in [1.807, 2.05) is 48.2 Å². The van der Waals surface area contributed by atoms with Crippen molar-refractivity contribution in [3.8, 4) is 0 Å². The van der Waals surface area contributed by atoms with Crippen molar-refractivity contribution in [1.29, 1.82) is 0 Å². The summed E-state index contributed by atoms with van der Waals surface area (Å²) in [6.45, 7) is 6.66. The Morgan fingerprint density at radius 2 is 1.61 bits per heavy atom. The molecule has 49 heavy (non-hydrogen) atoms. The maximum atomic E-state index is 13.8. The molecule has 2 amide bonds. The number of hydrogen-bond acceptors (Lipinski definition) is 5. The lowest BCUT2D eigenvalue weighted by Crippen LogP contribution is -2.49. The van der Waals surface area contributed by atoms with Gasteiger partial charge in [-0.05, 0) is 54.5 Å². The molecule has 9 nitrogen and oxygen atoms in total. The van der Waals surface area contributed by atoms with Crippen LogP contribution in [0, 0.1) is 6.92 Å². The largest absolute Gasteiger partial charge is 0.450 e. The molecule has 260 valence electrons. The molecule has 0 spiro atoms. The predicted octanol–water partition coefficient (Wildman–Crippen LogP) is 5.98. The van der Waals surface area contributed by atoms with Crippen molar-refractivity contribution in [1.82, 2.24) is 20.9 Å². The van der Waals surface area contributed by atoms with Gasteiger partial charge in [0.2, 0.25) is 5.91 Å². The van der Waals surface area contributed by atoms with Gasteiger partial charge in [0.25, 0.3) is 0 Å². The summed E-state index contributed by atoms with van der Waals surface area (Å²) in [5.74, 6) is 0.519. The lowest BCUT2D eigenvalue weighted by molar-refractivity contribution is -0.133. The van der Waals surface area contributed by atoms with Crippen molar-refractivity contribution < 1.29 is 14.3 Å². The molecule has 5 rings (SSSR count). The fourth-order valence-corrected chi connectivity index (χ4v) is 5.99. The van der Waals surface area contributed by atoms with Crippen LogP contribution in [0.2, 0.25) is 0 Å². The molecule has 1 fully saturated rings. The number of aryl methyl sites for hydroxylation is 1. The fourth-order valence-electron chi connectivity index (χ4n) is 5.99. The van der Waals surface area contributed by atoms with Crippen LogP contribution in [0.5, 0.6) is 0 Å². The molecule has 1 aliphatic rings. The van der Waals surface area contributed by atoms with Crippen LogP contribution in [-0.2, 0) is 9.53 Å². The summed E-state index contributed by atoms with van der Waals surface area (Å²) in [7, 11) is 1.63. The van der Waals surface area contributed by atoms with Gasteiger partial charge in [0, 0.05) is 45.2 Å². The minimum Gasteiger partial charge on any atom is -0.450 e. The van der Waals surface area contributed by atoms with Gasteiger partial charge in [-0.15, -0.1) is 0 Å². The SMILES string of the molecule is CCCOC(=O)NCC1CCN(CC(c2ccccc2)c2ccccc2)C(=O)C(CCCNC(N)=NC)N1.Cc1ccc2ccccc2c1. The minimum atomic E-state index is -0.427. The van der Waals surface area contributed by atoms with Crippen LogP contribution < -0.4 is 21.7 Å². The predicted molar refractivity (Wildman–Crippen MR) is 200 cm³/mol. The molecule has 9 heteroatoms. The standard InChI is InChI=1S/C29H42N6O3.C11H10/c1-3-19-38-29(37)33-20-24-16-18-35(27(36)26(34-24)15-10-17-32-28(30)31-2)21-25(22-11-6-4-7-12-22)23-13-8-5-9-14-23;1-9-6-7-10-4-2-3-5-11(10)8-9/h4-9,11-14,24-26,34H,3,10,15-21H2,1-2H3,(H,33,37)(H3,30,31,32);2-8H,1H3. The van der Waals surface area contributed by atoms with Crippen molar-refractivity contribution >= 4 is 28.7 Å². The van der Waals surface area contributed by atoms with E-state index >= 15 is 0 Å². The summed E-state index contributed by atoms with van der Waals surface area (Å²) in [6.07, 6.45) is 2.45. The van der Waals surface area contributed by atoms with E-state index in [1.165, 1.54) is 27.5 Å². The van der Waals surface area contributed by atoms with Crippen LogP contribution in [-0.4, -0.2) is 74.8 Å². The fraction of sp³-hybridized carbons (Fsp3) is 0.375. The molecule has 0 bridgehead atoms. The second-order valence-electron chi connectivity index (χ2n) is 12.4. The van der Waals surface area contributed by atoms with E-state index < -0.39 is 6.09 Å². The third-order valence-electron chi connectivity index (χ3n) is 8.65. The molecule has 4 aromatic rings. The first-order chi connectivity index (χ1) is 23.9.